The number of carbonyl (C=O) groups excluding carboxylic acids is 1. The molecule has 5 N–H and O–H groups in total. The van der Waals surface area contributed by atoms with E-state index in [-0.39, 0.29) is 0 Å². The van der Waals surface area contributed by atoms with Crippen LogP contribution in [0.1, 0.15) is 181 Å². The summed E-state index contributed by atoms with van der Waals surface area (Å²) < 4.78 is 0. The van der Waals surface area contributed by atoms with E-state index in [1.54, 1.807) is 0 Å². The van der Waals surface area contributed by atoms with Gasteiger partial charge in [-0.3, -0.25) is 4.79 Å². The van der Waals surface area contributed by atoms with E-state index in [0.717, 1.165) is 57.8 Å². The van der Waals surface area contributed by atoms with Gasteiger partial charge in [0.15, 0.2) is 0 Å². The summed E-state index contributed by atoms with van der Waals surface area (Å²) in [6.45, 7) is 3.99. The summed E-state index contributed by atoms with van der Waals surface area (Å²) in [4.78, 5) is 12.4. The minimum absolute atomic E-state index is 0.345. The number of aliphatic hydroxyl groups excluding tert-OH is 4. The van der Waals surface area contributed by atoms with Gasteiger partial charge in [-0.1, -0.05) is 140 Å². The molecule has 0 radical (unpaired) electrons. The zero-order valence-corrected chi connectivity index (χ0v) is 30.1. The Morgan fingerprint density at radius 2 is 0.913 bits per heavy atom. The van der Waals surface area contributed by atoms with Crippen molar-refractivity contribution < 1.29 is 25.2 Å². The largest absolute Gasteiger partial charge is 0.394 e. The fourth-order valence-electron chi connectivity index (χ4n) is 5.65. The Hall–Kier alpha value is -1.47. The van der Waals surface area contributed by atoms with Gasteiger partial charge in [-0.25, -0.2) is 0 Å². The van der Waals surface area contributed by atoms with Gasteiger partial charge in [-0.15, -0.1) is 0 Å². The summed E-state index contributed by atoms with van der Waals surface area (Å²) in [5.74, 6) is -0.609. The molecule has 6 nitrogen and oxygen atoms in total. The monoisotopic (exact) mass is 650 g/mol. The highest BCUT2D eigenvalue weighted by molar-refractivity contribution is 5.80. The maximum absolute atomic E-state index is 12.4. The van der Waals surface area contributed by atoms with Crippen LogP contribution in [0.25, 0.3) is 0 Å². The van der Waals surface area contributed by atoms with E-state index in [1.807, 2.05) is 0 Å². The van der Waals surface area contributed by atoms with Crippen LogP contribution in [0.3, 0.4) is 0 Å². The Morgan fingerprint density at radius 1 is 0.522 bits per heavy atom. The Bertz CT molecular complexity index is 737. The van der Waals surface area contributed by atoms with Crippen LogP contribution >= 0.6 is 0 Å². The molecule has 0 saturated carbocycles. The first-order chi connectivity index (χ1) is 22.5. The van der Waals surface area contributed by atoms with Crippen molar-refractivity contribution in [3.05, 3.63) is 36.5 Å². The first-order valence-corrected chi connectivity index (χ1v) is 19.4. The lowest BCUT2D eigenvalue weighted by molar-refractivity contribution is -0.132. The number of hydrogen-bond acceptors (Lipinski definition) is 5. The zero-order chi connectivity index (χ0) is 33.9. The highest BCUT2D eigenvalue weighted by Gasteiger charge is 2.28. The summed E-state index contributed by atoms with van der Waals surface area (Å²) in [7, 11) is 0. The van der Waals surface area contributed by atoms with E-state index >= 15 is 0 Å². The van der Waals surface area contributed by atoms with Crippen molar-refractivity contribution in [3.63, 3.8) is 0 Å². The van der Waals surface area contributed by atoms with Crippen LogP contribution in [0.4, 0.5) is 0 Å². The van der Waals surface area contributed by atoms with Gasteiger partial charge in [0.2, 0.25) is 5.91 Å². The van der Waals surface area contributed by atoms with E-state index < -0.39 is 36.9 Å². The summed E-state index contributed by atoms with van der Waals surface area (Å²) in [6, 6.07) is -1.01. The minimum atomic E-state index is -1.29. The molecular weight excluding hydrogens is 574 g/mol. The number of rotatable bonds is 34. The molecule has 0 aromatic rings. The van der Waals surface area contributed by atoms with Gasteiger partial charge >= 0.3 is 0 Å². The summed E-state index contributed by atoms with van der Waals surface area (Å²) in [5.41, 5.74) is 0. The molecule has 4 atom stereocenters. The van der Waals surface area contributed by atoms with Crippen molar-refractivity contribution in [1.82, 2.24) is 5.32 Å². The molecule has 0 saturated heterocycles. The van der Waals surface area contributed by atoms with Crippen LogP contribution in [0.15, 0.2) is 36.5 Å². The van der Waals surface area contributed by atoms with E-state index in [9.17, 15) is 25.2 Å². The number of aliphatic hydroxyl groups is 4. The van der Waals surface area contributed by atoms with Gasteiger partial charge in [-0.2, -0.15) is 0 Å². The van der Waals surface area contributed by atoms with Crippen LogP contribution in [0, 0.1) is 0 Å². The van der Waals surface area contributed by atoms with Crippen molar-refractivity contribution >= 4 is 5.91 Å². The van der Waals surface area contributed by atoms with Gasteiger partial charge in [0.25, 0.3) is 0 Å². The smallest absolute Gasteiger partial charge is 0.249 e. The fraction of sp³-hybridized carbons (Fsp3) is 0.825. The lowest BCUT2D eigenvalue weighted by Crippen LogP contribution is -2.53. The van der Waals surface area contributed by atoms with Gasteiger partial charge in [0.05, 0.1) is 18.8 Å². The van der Waals surface area contributed by atoms with E-state index in [0.29, 0.717) is 19.3 Å². The molecule has 0 aromatic heterocycles. The van der Waals surface area contributed by atoms with Crippen LogP contribution in [-0.4, -0.2) is 57.3 Å². The minimum Gasteiger partial charge on any atom is -0.394 e. The maximum atomic E-state index is 12.4. The molecule has 0 heterocycles. The number of nitrogens with one attached hydrogen (secondary N) is 1. The quantitative estimate of drug-likeness (QED) is 0.0352. The van der Waals surface area contributed by atoms with Crippen molar-refractivity contribution in [2.24, 2.45) is 0 Å². The molecule has 0 spiro atoms. The molecule has 1 amide bonds. The number of amides is 1. The number of carbonyl (C=O) groups is 1. The second-order valence-electron chi connectivity index (χ2n) is 13.3. The summed E-state index contributed by atoms with van der Waals surface area (Å²) in [5, 5.41) is 43.4. The molecular formula is C40H75NO5. The molecule has 0 aliphatic rings. The average Bonchev–Trinajstić information content (AvgIpc) is 3.06. The standard InChI is InChI=1S/C40H75NO5/c1-3-5-7-9-11-13-15-17-18-19-20-22-24-26-28-30-32-34-38(44)40(46)41-36(35-42)39(45)37(43)33-31-29-27-25-23-21-16-14-12-10-8-6-4-2/h14,16,20,22,25,27,36-39,42-45H,3-13,15,17-19,21,23-24,26,28-35H2,1-2H3,(H,41,46)/b16-14+,22-20-,27-25+. The summed E-state index contributed by atoms with van der Waals surface area (Å²) >= 11 is 0. The molecule has 6 heteroatoms. The molecule has 0 aliphatic heterocycles. The maximum Gasteiger partial charge on any atom is 0.249 e. The fourth-order valence-corrected chi connectivity index (χ4v) is 5.65. The van der Waals surface area contributed by atoms with E-state index in [2.05, 4.69) is 55.6 Å². The molecule has 0 aliphatic carbocycles. The second kappa shape index (κ2) is 34.9. The SMILES string of the molecule is CCCCCC/C=C/CC/C=C/CCCC(O)C(O)C(CO)NC(=O)C(O)CCCCCC/C=C\CCCCCCCCCCC. The van der Waals surface area contributed by atoms with Crippen molar-refractivity contribution in [2.75, 3.05) is 6.61 Å². The van der Waals surface area contributed by atoms with E-state index in [4.69, 9.17) is 0 Å². The molecule has 4 unspecified atom stereocenters. The highest BCUT2D eigenvalue weighted by atomic mass is 16.3. The first kappa shape index (κ1) is 44.5. The lowest BCUT2D eigenvalue weighted by atomic mass is 10.00. The summed E-state index contributed by atoms with van der Waals surface area (Å²) in [6.07, 6.45) is 38.8. The van der Waals surface area contributed by atoms with Crippen LogP contribution in [0.2, 0.25) is 0 Å². The molecule has 46 heavy (non-hydrogen) atoms. The van der Waals surface area contributed by atoms with Crippen molar-refractivity contribution in [3.8, 4) is 0 Å². The van der Waals surface area contributed by atoms with Gasteiger partial charge in [0.1, 0.15) is 12.2 Å². The predicted octanol–water partition coefficient (Wildman–Crippen LogP) is 9.40. The van der Waals surface area contributed by atoms with Crippen LogP contribution in [0.5, 0.6) is 0 Å². The Kier molecular flexibility index (Phi) is 33.7. The molecule has 0 aromatic carbocycles. The zero-order valence-electron chi connectivity index (χ0n) is 30.1. The molecule has 270 valence electrons. The van der Waals surface area contributed by atoms with Gasteiger partial charge in [0, 0.05) is 0 Å². The third-order valence-electron chi connectivity index (χ3n) is 8.80. The Labute approximate surface area is 284 Å². The predicted molar refractivity (Wildman–Crippen MR) is 196 cm³/mol. The highest BCUT2D eigenvalue weighted by Crippen LogP contribution is 2.13. The van der Waals surface area contributed by atoms with Crippen molar-refractivity contribution in [2.45, 2.75) is 205 Å². The first-order valence-electron chi connectivity index (χ1n) is 19.4. The van der Waals surface area contributed by atoms with Crippen molar-refractivity contribution in [1.29, 1.82) is 0 Å². The Morgan fingerprint density at radius 3 is 1.39 bits per heavy atom. The Balaban J connectivity index is 3.88. The number of hydrogen-bond donors (Lipinski definition) is 5. The third-order valence-corrected chi connectivity index (χ3v) is 8.80. The van der Waals surface area contributed by atoms with E-state index in [1.165, 1.54) is 89.9 Å². The molecule has 0 rings (SSSR count). The topological polar surface area (TPSA) is 110 Å². The van der Waals surface area contributed by atoms with Crippen LogP contribution in [-0.2, 0) is 4.79 Å². The second-order valence-corrected chi connectivity index (χ2v) is 13.3. The number of allylic oxidation sites excluding steroid dienone is 6. The lowest BCUT2D eigenvalue weighted by Gasteiger charge is -2.27. The normalized spacial score (nSPS) is 14.8. The van der Waals surface area contributed by atoms with Gasteiger partial charge < -0.3 is 25.7 Å². The molecule has 0 bridgehead atoms. The number of unbranched alkanes of at least 4 members (excludes halogenated alkanes) is 19. The van der Waals surface area contributed by atoms with Gasteiger partial charge in [-0.05, 0) is 77.0 Å². The average molecular weight is 650 g/mol. The van der Waals surface area contributed by atoms with Crippen LogP contribution < -0.4 is 5.32 Å². The third kappa shape index (κ3) is 28.7. The molecule has 0 fully saturated rings.